The number of aromatic amines is 1. The number of carbonyl (C=O) groups is 1. The van der Waals surface area contributed by atoms with Gasteiger partial charge >= 0.3 is 10.1 Å². The Kier molecular flexibility index (Phi) is 5.11. The fourth-order valence-corrected chi connectivity index (χ4v) is 4.16. The lowest BCUT2D eigenvalue weighted by molar-refractivity contribution is 0.102. The number of carbonyl (C=O) groups excluding carboxylic acids is 1. The summed E-state index contributed by atoms with van der Waals surface area (Å²) in [5.41, 5.74) is 2.33. The number of H-pyrrole nitrogens is 1. The molecule has 0 fully saturated rings. The van der Waals surface area contributed by atoms with Crippen molar-refractivity contribution in [3.05, 3.63) is 97.1 Å². The summed E-state index contributed by atoms with van der Waals surface area (Å²) in [6.45, 7) is 0. The third-order valence-electron chi connectivity index (χ3n) is 4.86. The highest BCUT2D eigenvalue weighted by Crippen LogP contribution is 2.24. The van der Waals surface area contributed by atoms with E-state index in [0.717, 1.165) is 5.69 Å². The molecule has 10 heteroatoms. The van der Waals surface area contributed by atoms with Crippen LogP contribution < -0.4 is 9.50 Å². The van der Waals surface area contributed by atoms with Crippen molar-refractivity contribution in [3.63, 3.8) is 0 Å². The van der Waals surface area contributed by atoms with Gasteiger partial charge < -0.3 is 13.7 Å². The third kappa shape index (κ3) is 4.32. The van der Waals surface area contributed by atoms with Gasteiger partial charge in [0, 0.05) is 29.7 Å². The molecule has 0 aliphatic carbocycles. The second-order valence-corrected chi connectivity index (χ2v) is 8.63. The zero-order chi connectivity index (χ0) is 22.8. The molecule has 0 saturated carbocycles. The van der Waals surface area contributed by atoms with Crippen molar-refractivity contribution in [3.8, 4) is 11.4 Å². The average molecular weight is 459 g/mol. The van der Waals surface area contributed by atoms with Gasteiger partial charge in [-0.3, -0.25) is 10.1 Å². The fraction of sp³-hybridized carbons (Fsp3) is 0. The number of hydrogen-bond donors (Lipinski definition) is 2. The van der Waals surface area contributed by atoms with Crippen LogP contribution in [0, 0.1) is 0 Å². The SMILES string of the molecule is O=C(Nc1nc2cc(OS(=O)(=O)c3ccc(-n4ccnc4)cc3)ccc2[nH]1)c1ccccc1. The number of aromatic nitrogens is 4. The summed E-state index contributed by atoms with van der Waals surface area (Å²) in [5, 5.41) is 2.69. The molecule has 0 aliphatic rings. The number of nitrogens with zero attached hydrogens (tertiary/aromatic N) is 3. The molecule has 5 aromatic rings. The Morgan fingerprint density at radius 2 is 1.79 bits per heavy atom. The maximum atomic E-state index is 12.7. The van der Waals surface area contributed by atoms with Crippen LogP contribution in [0.3, 0.4) is 0 Å². The summed E-state index contributed by atoms with van der Waals surface area (Å²) in [5.74, 6) is 0.0374. The highest BCUT2D eigenvalue weighted by atomic mass is 32.2. The van der Waals surface area contributed by atoms with Gasteiger partial charge in [-0.2, -0.15) is 8.42 Å². The number of rotatable bonds is 6. The summed E-state index contributed by atoms with van der Waals surface area (Å²) < 4.78 is 32.5. The zero-order valence-electron chi connectivity index (χ0n) is 17.0. The standard InChI is InChI=1S/C23H17N5O4S/c29-22(16-4-2-1-3-5-16)27-23-25-20-11-8-18(14-21(20)26-23)32-33(30,31)19-9-6-17(7-10-19)28-13-12-24-15-28/h1-15H,(H2,25,26,27,29). The Morgan fingerprint density at radius 3 is 2.52 bits per heavy atom. The van der Waals surface area contributed by atoms with E-state index < -0.39 is 10.1 Å². The van der Waals surface area contributed by atoms with E-state index in [-0.39, 0.29) is 22.5 Å². The van der Waals surface area contributed by atoms with Gasteiger partial charge in [0.05, 0.1) is 17.4 Å². The van der Waals surface area contributed by atoms with Crippen molar-refractivity contribution < 1.29 is 17.4 Å². The number of amides is 1. The number of fused-ring (bicyclic) bond motifs is 1. The highest BCUT2D eigenvalue weighted by molar-refractivity contribution is 7.87. The van der Waals surface area contributed by atoms with Gasteiger partial charge in [0.15, 0.2) is 0 Å². The normalized spacial score (nSPS) is 11.4. The number of hydrogen-bond acceptors (Lipinski definition) is 6. The van der Waals surface area contributed by atoms with Crippen molar-refractivity contribution in [1.82, 2.24) is 19.5 Å². The van der Waals surface area contributed by atoms with Crippen molar-refractivity contribution in [2.45, 2.75) is 4.90 Å². The monoisotopic (exact) mass is 459 g/mol. The quantitative estimate of drug-likeness (QED) is 0.373. The average Bonchev–Trinajstić information content (AvgIpc) is 3.49. The van der Waals surface area contributed by atoms with Gasteiger partial charge in [-0.1, -0.05) is 18.2 Å². The van der Waals surface area contributed by atoms with Crippen LogP contribution >= 0.6 is 0 Å². The summed E-state index contributed by atoms with van der Waals surface area (Å²) >= 11 is 0. The van der Waals surface area contributed by atoms with E-state index >= 15 is 0 Å². The van der Waals surface area contributed by atoms with Crippen molar-refractivity contribution in [2.24, 2.45) is 0 Å². The van der Waals surface area contributed by atoms with Crippen LogP contribution in [0.2, 0.25) is 0 Å². The molecule has 0 radical (unpaired) electrons. The van der Waals surface area contributed by atoms with Crippen LogP contribution in [-0.4, -0.2) is 33.8 Å². The molecule has 0 bridgehead atoms. The molecule has 5 rings (SSSR count). The Bertz CT molecular complexity index is 1530. The molecule has 33 heavy (non-hydrogen) atoms. The van der Waals surface area contributed by atoms with Gasteiger partial charge in [-0.15, -0.1) is 0 Å². The Hall–Kier alpha value is -4.44. The Morgan fingerprint density at radius 1 is 1.00 bits per heavy atom. The van der Waals surface area contributed by atoms with E-state index in [0.29, 0.717) is 16.6 Å². The van der Waals surface area contributed by atoms with Crippen molar-refractivity contribution >= 4 is 33.0 Å². The van der Waals surface area contributed by atoms with Gasteiger partial charge in [0.1, 0.15) is 10.6 Å². The molecule has 0 aliphatic heterocycles. The van der Waals surface area contributed by atoms with Gasteiger partial charge in [0.2, 0.25) is 5.95 Å². The highest BCUT2D eigenvalue weighted by Gasteiger charge is 2.18. The molecule has 2 N–H and O–H groups in total. The third-order valence-corrected chi connectivity index (χ3v) is 6.12. The van der Waals surface area contributed by atoms with Crippen LogP contribution in [0.15, 0.2) is 96.4 Å². The van der Waals surface area contributed by atoms with E-state index in [9.17, 15) is 13.2 Å². The van der Waals surface area contributed by atoms with E-state index in [2.05, 4.69) is 20.3 Å². The van der Waals surface area contributed by atoms with Crippen LogP contribution in [0.4, 0.5) is 5.95 Å². The molecule has 3 aromatic carbocycles. The molecule has 2 aromatic heterocycles. The first-order chi connectivity index (χ1) is 16.0. The molecule has 0 atom stereocenters. The van der Waals surface area contributed by atoms with E-state index in [1.807, 2.05) is 6.07 Å². The van der Waals surface area contributed by atoms with Gasteiger partial charge in [0.25, 0.3) is 5.91 Å². The second kappa shape index (κ2) is 8.24. The number of benzene rings is 3. The Labute approximate surface area is 188 Å². The molecule has 164 valence electrons. The van der Waals surface area contributed by atoms with Crippen LogP contribution in [0.5, 0.6) is 5.75 Å². The van der Waals surface area contributed by atoms with Gasteiger partial charge in [-0.05, 0) is 48.5 Å². The first-order valence-corrected chi connectivity index (χ1v) is 11.3. The zero-order valence-corrected chi connectivity index (χ0v) is 17.9. The number of anilines is 1. The smallest absolute Gasteiger partial charge is 0.339 e. The summed E-state index contributed by atoms with van der Waals surface area (Å²) in [4.78, 5) is 23.6. The molecular formula is C23H17N5O4S. The number of nitrogens with one attached hydrogen (secondary N) is 2. The van der Waals surface area contributed by atoms with Crippen LogP contribution in [-0.2, 0) is 10.1 Å². The number of imidazole rings is 2. The van der Waals surface area contributed by atoms with Crippen molar-refractivity contribution in [1.29, 1.82) is 0 Å². The topological polar surface area (TPSA) is 119 Å². The minimum Gasteiger partial charge on any atom is -0.379 e. The maximum Gasteiger partial charge on any atom is 0.339 e. The predicted octanol–water partition coefficient (Wildman–Crippen LogP) is 3.77. The predicted molar refractivity (Wildman–Crippen MR) is 122 cm³/mol. The Balaban J connectivity index is 1.34. The van der Waals surface area contributed by atoms with E-state index in [1.54, 1.807) is 65.8 Å². The van der Waals surface area contributed by atoms with Gasteiger partial charge in [-0.25, -0.2) is 9.97 Å². The minimum atomic E-state index is -4.05. The molecule has 0 saturated heterocycles. The second-order valence-electron chi connectivity index (χ2n) is 7.09. The lowest BCUT2D eigenvalue weighted by Crippen LogP contribution is -2.12. The first kappa shape index (κ1) is 20.5. The minimum absolute atomic E-state index is 0.0179. The molecule has 0 unspecified atom stereocenters. The first-order valence-electron chi connectivity index (χ1n) is 9.87. The molecule has 1 amide bonds. The molecule has 2 heterocycles. The molecular weight excluding hydrogens is 442 g/mol. The van der Waals surface area contributed by atoms with Crippen LogP contribution in [0.25, 0.3) is 16.7 Å². The largest absolute Gasteiger partial charge is 0.379 e. The molecule has 0 spiro atoms. The van der Waals surface area contributed by atoms with Crippen molar-refractivity contribution in [2.75, 3.05) is 5.32 Å². The van der Waals surface area contributed by atoms with Crippen LogP contribution in [0.1, 0.15) is 10.4 Å². The summed E-state index contributed by atoms with van der Waals surface area (Å²) in [6.07, 6.45) is 5.02. The van der Waals surface area contributed by atoms with E-state index in [4.69, 9.17) is 4.18 Å². The summed E-state index contributed by atoms with van der Waals surface area (Å²) in [7, 11) is -4.05. The lowest BCUT2D eigenvalue weighted by Gasteiger charge is -2.08. The summed E-state index contributed by atoms with van der Waals surface area (Å²) in [6, 6.07) is 19.6. The molecule has 9 nitrogen and oxygen atoms in total. The maximum absolute atomic E-state index is 12.7. The van der Waals surface area contributed by atoms with E-state index in [1.165, 1.54) is 24.3 Å². The fourth-order valence-electron chi connectivity index (χ4n) is 3.24. The lowest BCUT2D eigenvalue weighted by atomic mass is 10.2.